The number of primary sulfonamides is 1. The minimum atomic E-state index is -3.58. The summed E-state index contributed by atoms with van der Waals surface area (Å²) in [5.41, 5.74) is 5.44. The van der Waals surface area contributed by atoms with Crippen molar-refractivity contribution in [2.75, 3.05) is 16.0 Å². The average molecular weight is 563 g/mol. The summed E-state index contributed by atoms with van der Waals surface area (Å²) in [6, 6.07) is 22.6. The lowest BCUT2D eigenvalue weighted by molar-refractivity contribution is 0.597. The summed E-state index contributed by atoms with van der Waals surface area (Å²) >= 11 is 5.98. The highest BCUT2D eigenvalue weighted by molar-refractivity contribution is 7.88. The number of hydrogen-bond acceptors (Lipinski definition) is 8. The molecule has 0 amide bonds. The molecule has 0 bridgehead atoms. The van der Waals surface area contributed by atoms with Crippen molar-refractivity contribution < 1.29 is 8.42 Å². The molecule has 0 aliphatic rings. The maximum absolute atomic E-state index is 11.3. The number of hydrogen-bond donors (Lipinski definition) is 4. The van der Waals surface area contributed by atoms with Crippen LogP contribution in [0.5, 0.6) is 0 Å². The summed E-state index contributed by atoms with van der Waals surface area (Å²) in [5, 5.41) is 15.7. The van der Waals surface area contributed by atoms with Crippen molar-refractivity contribution in [3.8, 4) is 0 Å². The van der Waals surface area contributed by atoms with E-state index < -0.39 is 10.0 Å². The Morgan fingerprint density at radius 2 is 1.56 bits per heavy atom. The van der Waals surface area contributed by atoms with Crippen molar-refractivity contribution in [1.82, 2.24) is 19.5 Å². The molecular formula is C27H27ClN8O2S. The van der Waals surface area contributed by atoms with Gasteiger partial charge in [-0.3, -0.25) is 0 Å². The highest BCUT2D eigenvalue weighted by Crippen LogP contribution is 2.22. The molecule has 3 aromatic carbocycles. The first-order valence-corrected chi connectivity index (χ1v) is 14.2. The number of rotatable bonds is 10. The SMILES string of the molecule is Cn1c(NCc2ccc(Cl)cc2)nc2cc(CNc3ccnc(Nc4ccc(CS(N)(=O)=O)cc4)n3)ccc21. The number of sulfonamides is 1. The van der Waals surface area contributed by atoms with Gasteiger partial charge in [-0.05, 0) is 59.2 Å². The number of aromatic nitrogens is 4. The van der Waals surface area contributed by atoms with Crippen LogP contribution in [-0.4, -0.2) is 27.9 Å². The third kappa shape index (κ3) is 7.02. The molecular weight excluding hydrogens is 536 g/mol. The van der Waals surface area contributed by atoms with Crippen LogP contribution in [0.4, 0.5) is 23.4 Å². The number of imidazole rings is 1. The minimum Gasteiger partial charge on any atom is -0.366 e. The third-order valence-corrected chi connectivity index (χ3v) is 7.00. The Morgan fingerprint density at radius 1 is 0.872 bits per heavy atom. The van der Waals surface area contributed by atoms with Crippen LogP contribution < -0.4 is 21.1 Å². The zero-order valence-electron chi connectivity index (χ0n) is 21.1. The smallest absolute Gasteiger partial charge is 0.229 e. The van der Waals surface area contributed by atoms with E-state index in [-0.39, 0.29) is 5.75 Å². The van der Waals surface area contributed by atoms with Crippen molar-refractivity contribution >= 4 is 56.1 Å². The largest absolute Gasteiger partial charge is 0.366 e. The molecule has 2 aromatic heterocycles. The van der Waals surface area contributed by atoms with Crippen LogP contribution in [0.3, 0.4) is 0 Å². The predicted molar refractivity (Wildman–Crippen MR) is 155 cm³/mol. The lowest BCUT2D eigenvalue weighted by Crippen LogP contribution is -2.14. The molecule has 5 rings (SSSR count). The Balaban J connectivity index is 1.21. The molecule has 0 spiro atoms. The first-order valence-electron chi connectivity index (χ1n) is 12.1. The molecule has 0 aliphatic heterocycles. The van der Waals surface area contributed by atoms with Gasteiger partial charge in [0.05, 0.1) is 16.8 Å². The maximum Gasteiger partial charge on any atom is 0.229 e. The van der Waals surface area contributed by atoms with Gasteiger partial charge in [-0.15, -0.1) is 0 Å². The van der Waals surface area contributed by atoms with Gasteiger partial charge >= 0.3 is 0 Å². The van der Waals surface area contributed by atoms with Gasteiger partial charge in [0.25, 0.3) is 0 Å². The van der Waals surface area contributed by atoms with Gasteiger partial charge in [0.2, 0.25) is 21.9 Å². The number of nitrogens with zero attached hydrogens (tertiary/aromatic N) is 4. The molecule has 39 heavy (non-hydrogen) atoms. The molecule has 0 saturated heterocycles. The van der Waals surface area contributed by atoms with E-state index in [0.717, 1.165) is 33.8 Å². The zero-order valence-corrected chi connectivity index (χ0v) is 22.7. The van der Waals surface area contributed by atoms with Gasteiger partial charge < -0.3 is 20.5 Å². The van der Waals surface area contributed by atoms with Gasteiger partial charge in [-0.1, -0.05) is 41.9 Å². The van der Waals surface area contributed by atoms with Crippen LogP contribution in [0.1, 0.15) is 16.7 Å². The normalized spacial score (nSPS) is 11.5. The molecule has 5 aromatic rings. The third-order valence-electron chi connectivity index (χ3n) is 6.02. The van der Waals surface area contributed by atoms with Crippen LogP contribution >= 0.6 is 11.6 Å². The minimum absolute atomic E-state index is 0.214. The number of aryl methyl sites for hydroxylation is 1. The second kappa shape index (κ2) is 11.3. The molecule has 0 unspecified atom stereocenters. The summed E-state index contributed by atoms with van der Waals surface area (Å²) in [6.07, 6.45) is 1.66. The first kappa shape index (κ1) is 26.4. The molecule has 0 fully saturated rings. The van der Waals surface area contributed by atoms with Gasteiger partial charge in [0, 0.05) is 37.0 Å². The summed E-state index contributed by atoms with van der Waals surface area (Å²) in [7, 11) is -1.59. The molecule has 0 aliphatic carbocycles. The Kier molecular flexibility index (Phi) is 7.64. The Bertz CT molecular complexity index is 1700. The van der Waals surface area contributed by atoms with Gasteiger partial charge in [0.1, 0.15) is 5.82 Å². The monoisotopic (exact) mass is 562 g/mol. The van der Waals surface area contributed by atoms with Crippen LogP contribution in [0.15, 0.2) is 79.0 Å². The Labute approximate surface area is 231 Å². The molecule has 0 atom stereocenters. The van der Waals surface area contributed by atoms with E-state index in [0.29, 0.717) is 35.4 Å². The van der Waals surface area contributed by atoms with Crippen molar-refractivity contribution in [1.29, 1.82) is 0 Å². The molecule has 12 heteroatoms. The van der Waals surface area contributed by atoms with Crippen LogP contribution in [0, 0.1) is 0 Å². The van der Waals surface area contributed by atoms with Crippen LogP contribution in [0.2, 0.25) is 5.02 Å². The molecule has 2 heterocycles. The standard InChI is InChI=1S/C27H27ClN8O2S/c1-36-24-11-6-20(14-23(24)34-27(36)32-15-18-2-7-21(28)8-3-18)16-31-25-12-13-30-26(35-25)33-22-9-4-19(5-10-22)17-39(29,37)38/h2-14H,15-17H2,1H3,(H,32,34)(H2,29,37,38)(H2,30,31,33,35). The van der Waals surface area contributed by atoms with E-state index in [4.69, 9.17) is 21.7 Å². The summed E-state index contributed by atoms with van der Waals surface area (Å²) in [6.45, 7) is 1.20. The van der Waals surface area contributed by atoms with Crippen molar-refractivity contribution in [3.63, 3.8) is 0 Å². The summed E-state index contributed by atoms with van der Waals surface area (Å²) in [4.78, 5) is 13.6. The van der Waals surface area contributed by atoms with E-state index in [2.05, 4.69) is 44.1 Å². The number of benzene rings is 3. The van der Waals surface area contributed by atoms with Crippen LogP contribution in [-0.2, 0) is 35.9 Å². The fraction of sp³-hybridized carbons (Fsp3) is 0.148. The van der Waals surface area contributed by atoms with Gasteiger partial charge in [-0.25, -0.2) is 23.5 Å². The molecule has 5 N–H and O–H groups in total. The van der Waals surface area contributed by atoms with E-state index in [9.17, 15) is 8.42 Å². The van der Waals surface area contributed by atoms with Gasteiger partial charge in [-0.2, -0.15) is 4.98 Å². The van der Waals surface area contributed by atoms with Crippen molar-refractivity contribution in [2.45, 2.75) is 18.8 Å². The summed E-state index contributed by atoms with van der Waals surface area (Å²) < 4.78 is 24.6. The second-order valence-corrected chi connectivity index (χ2v) is 11.1. The lowest BCUT2D eigenvalue weighted by atomic mass is 10.2. The van der Waals surface area contributed by atoms with E-state index in [1.807, 2.05) is 35.9 Å². The molecule has 200 valence electrons. The fourth-order valence-electron chi connectivity index (χ4n) is 4.05. The topological polar surface area (TPSA) is 140 Å². The molecule has 10 nitrogen and oxygen atoms in total. The van der Waals surface area contributed by atoms with E-state index in [1.165, 1.54) is 0 Å². The Hall–Kier alpha value is -4.19. The second-order valence-electron chi connectivity index (χ2n) is 9.05. The van der Waals surface area contributed by atoms with Crippen molar-refractivity contribution in [3.05, 3.63) is 101 Å². The van der Waals surface area contributed by atoms with E-state index in [1.54, 1.807) is 36.5 Å². The fourth-order valence-corrected chi connectivity index (χ4v) is 4.84. The number of nitrogens with one attached hydrogen (secondary N) is 3. The molecule has 0 saturated carbocycles. The van der Waals surface area contributed by atoms with Crippen LogP contribution in [0.25, 0.3) is 11.0 Å². The van der Waals surface area contributed by atoms with Gasteiger partial charge in [0.15, 0.2) is 0 Å². The highest BCUT2D eigenvalue weighted by Gasteiger charge is 2.09. The van der Waals surface area contributed by atoms with Crippen molar-refractivity contribution in [2.24, 2.45) is 12.2 Å². The number of nitrogens with two attached hydrogens (primary N) is 1. The average Bonchev–Trinajstić information content (AvgIpc) is 3.22. The maximum atomic E-state index is 11.3. The number of fused-ring (bicyclic) bond motifs is 1. The highest BCUT2D eigenvalue weighted by atomic mass is 35.5. The first-order chi connectivity index (χ1) is 18.7. The zero-order chi connectivity index (χ0) is 27.4. The number of anilines is 4. The quantitative estimate of drug-likeness (QED) is 0.191. The Morgan fingerprint density at radius 3 is 2.31 bits per heavy atom. The number of halogens is 1. The predicted octanol–water partition coefficient (Wildman–Crippen LogP) is 4.77. The van der Waals surface area contributed by atoms with E-state index >= 15 is 0 Å². The summed E-state index contributed by atoms with van der Waals surface area (Å²) in [5.74, 6) is 1.64. The lowest BCUT2D eigenvalue weighted by Gasteiger charge is -2.09. The molecule has 0 radical (unpaired) electrons.